The highest BCUT2D eigenvalue weighted by molar-refractivity contribution is 9.15. The molecule has 0 aromatic heterocycles. The normalized spacial score (nSPS) is 10.1. The van der Waals surface area contributed by atoms with Crippen LogP contribution < -0.4 is 0 Å². The zero-order valence-electron chi connectivity index (χ0n) is 8.83. The van der Waals surface area contributed by atoms with Crippen LogP contribution in [0.1, 0.15) is 5.56 Å². The fourth-order valence-corrected chi connectivity index (χ4v) is 1.99. The lowest BCUT2D eigenvalue weighted by molar-refractivity contribution is 0.428. The first-order valence-electron chi connectivity index (χ1n) is 5.05. The number of hydrogen-bond acceptors (Lipinski definition) is 0. The summed E-state index contributed by atoms with van der Waals surface area (Å²) in [5.41, 5.74) is 2.20. The van der Waals surface area contributed by atoms with Crippen molar-refractivity contribution >= 4 is 20.4 Å². The Morgan fingerprint density at radius 1 is 0.824 bits per heavy atom. The summed E-state index contributed by atoms with van der Waals surface area (Å²) in [5, 5.41) is 0. The lowest BCUT2D eigenvalue weighted by Gasteiger charge is -2.08. The predicted octanol–water partition coefficient (Wildman–Crippen LogP) is 5.31. The summed E-state index contributed by atoms with van der Waals surface area (Å²) in [6.07, 6.45) is -1.71. The summed E-state index contributed by atoms with van der Waals surface area (Å²) in [4.78, 5) is 0. The van der Waals surface area contributed by atoms with Crippen molar-refractivity contribution in [1.82, 2.24) is 0 Å². The third-order valence-electron chi connectivity index (χ3n) is 2.41. The molecule has 0 bridgehead atoms. The molecular formula is C14H9BrF2. The van der Waals surface area contributed by atoms with Crippen molar-refractivity contribution in [2.75, 3.05) is 0 Å². The van der Waals surface area contributed by atoms with E-state index in [-0.39, 0.29) is 4.48 Å². The second-order valence-electron chi connectivity index (χ2n) is 3.49. The number of hydrogen-bond donors (Lipinski definition) is 0. The van der Waals surface area contributed by atoms with Crippen LogP contribution in [0.4, 0.5) is 8.78 Å². The predicted molar refractivity (Wildman–Crippen MR) is 69.9 cm³/mol. The molecular weight excluding hydrogens is 286 g/mol. The van der Waals surface area contributed by atoms with Gasteiger partial charge >= 0.3 is 0 Å². The fraction of sp³-hybridized carbons (Fsp3) is 0. The van der Waals surface area contributed by atoms with Crippen molar-refractivity contribution in [3.63, 3.8) is 0 Å². The molecule has 17 heavy (non-hydrogen) atoms. The van der Waals surface area contributed by atoms with Gasteiger partial charge in [0.15, 0.2) is 0 Å². The molecule has 0 nitrogen and oxygen atoms in total. The smallest absolute Gasteiger partial charge is 0.172 e. The highest BCUT2D eigenvalue weighted by atomic mass is 79.9. The van der Waals surface area contributed by atoms with Crippen molar-refractivity contribution in [2.24, 2.45) is 0 Å². The quantitative estimate of drug-likeness (QED) is 0.704. The standard InChI is InChI=1S/C14H9BrF2/c15-13(14(16)17)12-9-5-4-8-11(12)10-6-2-1-3-7-10/h1-9H. The Morgan fingerprint density at radius 2 is 1.41 bits per heavy atom. The van der Waals surface area contributed by atoms with Gasteiger partial charge in [-0.1, -0.05) is 54.6 Å². The van der Waals surface area contributed by atoms with Crippen molar-refractivity contribution in [2.45, 2.75) is 0 Å². The first-order valence-corrected chi connectivity index (χ1v) is 5.85. The topological polar surface area (TPSA) is 0 Å². The first kappa shape index (κ1) is 12.0. The number of rotatable bonds is 2. The van der Waals surface area contributed by atoms with Gasteiger partial charge in [-0.25, -0.2) is 0 Å². The van der Waals surface area contributed by atoms with Gasteiger partial charge in [0.2, 0.25) is 0 Å². The summed E-state index contributed by atoms with van der Waals surface area (Å²) < 4.78 is 25.1. The van der Waals surface area contributed by atoms with E-state index in [2.05, 4.69) is 15.9 Å². The maximum absolute atomic E-state index is 12.6. The SMILES string of the molecule is FC(F)=C(Br)c1ccccc1-c1ccccc1. The average molecular weight is 295 g/mol. The molecule has 0 amide bonds. The molecule has 2 aromatic carbocycles. The van der Waals surface area contributed by atoms with Crippen molar-refractivity contribution in [1.29, 1.82) is 0 Å². The van der Waals surface area contributed by atoms with Crippen LogP contribution in [-0.2, 0) is 0 Å². The third-order valence-corrected chi connectivity index (χ3v) is 3.14. The Kier molecular flexibility index (Phi) is 3.69. The van der Waals surface area contributed by atoms with Crippen molar-refractivity contribution < 1.29 is 8.78 Å². The summed E-state index contributed by atoms with van der Waals surface area (Å²) >= 11 is 2.93. The average Bonchev–Trinajstić information content (AvgIpc) is 2.39. The van der Waals surface area contributed by atoms with Gasteiger partial charge in [-0.05, 0) is 27.1 Å². The molecule has 0 aliphatic rings. The third kappa shape index (κ3) is 2.61. The van der Waals surface area contributed by atoms with Gasteiger partial charge in [-0.2, -0.15) is 8.78 Å². The van der Waals surface area contributed by atoms with E-state index in [4.69, 9.17) is 0 Å². The highest BCUT2D eigenvalue weighted by Gasteiger charge is 2.11. The van der Waals surface area contributed by atoms with Crippen LogP contribution in [0.15, 0.2) is 60.7 Å². The van der Waals surface area contributed by atoms with Crippen LogP contribution in [0.2, 0.25) is 0 Å². The zero-order chi connectivity index (χ0) is 12.3. The van der Waals surface area contributed by atoms with E-state index in [1.807, 2.05) is 42.5 Å². The monoisotopic (exact) mass is 294 g/mol. The van der Waals surface area contributed by atoms with E-state index in [1.165, 1.54) is 0 Å². The molecule has 0 heterocycles. The molecule has 0 spiro atoms. The molecule has 0 fully saturated rings. The van der Waals surface area contributed by atoms with Crippen molar-refractivity contribution in [3.05, 3.63) is 66.2 Å². The maximum Gasteiger partial charge on any atom is 0.285 e. The summed E-state index contributed by atoms with van der Waals surface area (Å²) in [7, 11) is 0. The molecule has 0 N–H and O–H groups in total. The highest BCUT2D eigenvalue weighted by Crippen LogP contribution is 2.34. The van der Waals surface area contributed by atoms with Crippen LogP contribution in [0.5, 0.6) is 0 Å². The molecule has 0 aliphatic heterocycles. The summed E-state index contributed by atoms with van der Waals surface area (Å²) in [6, 6.07) is 16.5. The molecule has 3 heteroatoms. The Hall–Kier alpha value is -1.48. The summed E-state index contributed by atoms with van der Waals surface area (Å²) in [5.74, 6) is 0. The second-order valence-corrected chi connectivity index (χ2v) is 4.28. The van der Waals surface area contributed by atoms with E-state index >= 15 is 0 Å². The van der Waals surface area contributed by atoms with E-state index in [1.54, 1.807) is 12.1 Å². The fourth-order valence-electron chi connectivity index (χ4n) is 1.65. The van der Waals surface area contributed by atoms with Gasteiger partial charge in [-0.15, -0.1) is 0 Å². The van der Waals surface area contributed by atoms with Gasteiger partial charge < -0.3 is 0 Å². The minimum atomic E-state index is -1.71. The molecule has 86 valence electrons. The molecule has 2 rings (SSSR count). The Balaban J connectivity index is 2.61. The van der Waals surface area contributed by atoms with Crippen LogP contribution in [0.3, 0.4) is 0 Å². The van der Waals surface area contributed by atoms with Crippen LogP contribution in [-0.4, -0.2) is 0 Å². The molecule has 0 atom stereocenters. The van der Waals surface area contributed by atoms with Crippen LogP contribution >= 0.6 is 15.9 Å². The maximum atomic E-state index is 12.6. The van der Waals surface area contributed by atoms with E-state index in [0.717, 1.165) is 11.1 Å². The Bertz CT molecular complexity index is 543. The molecule has 0 aliphatic carbocycles. The van der Waals surface area contributed by atoms with E-state index in [0.29, 0.717) is 5.56 Å². The minimum absolute atomic E-state index is 0.156. The lowest BCUT2D eigenvalue weighted by Crippen LogP contribution is -1.85. The Labute approximate surface area is 107 Å². The number of halogens is 3. The van der Waals surface area contributed by atoms with E-state index < -0.39 is 6.08 Å². The Morgan fingerprint density at radius 3 is 2.06 bits per heavy atom. The molecule has 0 unspecified atom stereocenters. The van der Waals surface area contributed by atoms with Gasteiger partial charge in [0, 0.05) is 5.56 Å². The van der Waals surface area contributed by atoms with E-state index in [9.17, 15) is 8.78 Å². The zero-order valence-corrected chi connectivity index (χ0v) is 10.4. The van der Waals surface area contributed by atoms with Crippen LogP contribution in [0.25, 0.3) is 15.6 Å². The van der Waals surface area contributed by atoms with Gasteiger partial charge in [0.05, 0.1) is 4.48 Å². The molecule has 0 saturated heterocycles. The minimum Gasteiger partial charge on any atom is -0.172 e. The largest absolute Gasteiger partial charge is 0.285 e. The summed E-state index contributed by atoms with van der Waals surface area (Å²) in [6.45, 7) is 0. The lowest BCUT2D eigenvalue weighted by atomic mass is 10.00. The van der Waals surface area contributed by atoms with Crippen molar-refractivity contribution in [3.8, 4) is 11.1 Å². The molecule has 0 radical (unpaired) electrons. The van der Waals surface area contributed by atoms with Crippen LogP contribution in [0, 0.1) is 0 Å². The molecule has 0 saturated carbocycles. The second kappa shape index (κ2) is 5.23. The molecule has 2 aromatic rings. The van der Waals surface area contributed by atoms with Gasteiger partial charge in [0.25, 0.3) is 6.08 Å². The van der Waals surface area contributed by atoms with Gasteiger partial charge in [0.1, 0.15) is 0 Å². The first-order chi connectivity index (χ1) is 8.20. The van der Waals surface area contributed by atoms with Gasteiger partial charge in [-0.3, -0.25) is 0 Å². The number of benzene rings is 2.